The van der Waals surface area contributed by atoms with Crippen LogP contribution in [-0.4, -0.2) is 44.9 Å². The summed E-state index contributed by atoms with van der Waals surface area (Å²) < 4.78 is 27.3. The zero-order chi connectivity index (χ0) is 20.0. The number of nitrogens with zero attached hydrogens (tertiary/aromatic N) is 2. The molecule has 1 aromatic rings. The van der Waals surface area contributed by atoms with E-state index in [0.29, 0.717) is 36.5 Å². The van der Waals surface area contributed by atoms with E-state index in [1.54, 1.807) is 23.5 Å². The first-order chi connectivity index (χ1) is 13.5. The topological polar surface area (TPSA) is 73.8 Å². The number of nitrogens with one attached hydrogen (secondary N) is 2. The van der Waals surface area contributed by atoms with Gasteiger partial charge in [-0.2, -0.15) is 4.31 Å². The quantitative estimate of drug-likeness (QED) is 0.343. The Labute approximate surface area is 193 Å². The van der Waals surface area contributed by atoms with Crippen LogP contribution >= 0.6 is 24.0 Å². The molecule has 2 fully saturated rings. The maximum absolute atomic E-state index is 12.9. The molecule has 8 heteroatoms. The Bertz CT molecular complexity index is 761. The van der Waals surface area contributed by atoms with E-state index in [1.165, 1.54) is 32.1 Å². The Hall–Kier alpha value is -0.870. The van der Waals surface area contributed by atoms with Gasteiger partial charge in [0.15, 0.2) is 5.96 Å². The molecule has 164 valence electrons. The van der Waals surface area contributed by atoms with Crippen LogP contribution in [-0.2, 0) is 16.6 Å². The van der Waals surface area contributed by atoms with Gasteiger partial charge in [-0.15, -0.1) is 24.0 Å². The van der Waals surface area contributed by atoms with E-state index in [2.05, 4.69) is 22.5 Å². The molecule has 3 rings (SSSR count). The molecule has 1 aliphatic carbocycles. The molecular formula is C21H35IN4O2S. The highest BCUT2D eigenvalue weighted by Gasteiger charge is 2.28. The lowest BCUT2D eigenvalue weighted by molar-refractivity contribution is 0.281. The van der Waals surface area contributed by atoms with Gasteiger partial charge in [-0.3, -0.25) is 4.99 Å². The Morgan fingerprint density at radius 2 is 1.79 bits per heavy atom. The van der Waals surface area contributed by atoms with Crippen molar-refractivity contribution in [2.24, 2.45) is 10.9 Å². The van der Waals surface area contributed by atoms with Crippen LogP contribution in [0.3, 0.4) is 0 Å². The molecule has 1 aliphatic heterocycles. The lowest BCUT2D eigenvalue weighted by Gasteiger charge is -2.30. The fraction of sp³-hybridized carbons (Fsp3) is 0.667. The first-order valence-corrected chi connectivity index (χ1v) is 12.0. The molecule has 0 bridgehead atoms. The predicted molar refractivity (Wildman–Crippen MR) is 129 cm³/mol. The minimum Gasteiger partial charge on any atom is -0.354 e. The number of piperidine rings is 1. The van der Waals surface area contributed by atoms with Crippen LogP contribution in [0.2, 0.25) is 0 Å². The van der Waals surface area contributed by atoms with Gasteiger partial charge in [0.2, 0.25) is 10.0 Å². The van der Waals surface area contributed by atoms with Crippen molar-refractivity contribution in [1.29, 1.82) is 0 Å². The smallest absolute Gasteiger partial charge is 0.243 e. The van der Waals surface area contributed by atoms with Gasteiger partial charge in [0.25, 0.3) is 0 Å². The molecule has 2 N–H and O–H groups in total. The highest BCUT2D eigenvalue weighted by atomic mass is 127. The second kappa shape index (κ2) is 11.5. The molecule has 0 spiro atoms. The van der Waals surface area contributed by atoms with Crippen molar-refractivity contribution in [3.63, 3.8) is 0 Å². The largest absolute Gasteiger partial charge is 0.354 e. The van der Waals surface area contributed by atoms with Crippen LogP contribution in [0.5, 0.6) is 0 Å². The van der Waals surface area contributed by atoms with Crippen molar-refractivity contribution in [2.75, 3.05) is 20.1 Å². The van der Waals surface area contributed by atoms with Gasteiger partial charge in [0, 0.05) is 32.7 Å². The van der Waals surface area contributed by atoms with Gasteiger partial charge in [-0.1, -0.05) is 38.3 Å². The molecule has 0 amide bonds. The molecule has 29 heavy (non-hydrogen) atoms. The van der Waals surface area contributed by atoms with E-state index in [4.69, 9.17) is 0 Å². The standard InChI is InChI=1S/C21H34N4O2S.HI/c1-17-7-6-14-25(16-17)28(26,27)20-12-10-18(11-13-20)15-23-21(22-2)24-19-8-4-3-5-9-19;/h10-13,17,19H,3-9,14-16H2,1-2H3,(H2,22,23,24);1H. The van der Waals surface area contributed by atoms with Crippen molar-refractivity contribution in [2.45, 2.75) is 69.4 Å². The Morgan fingerprint density at radius 3 is 2.41 bits per heavy atom. The predicted octanol–water partition coefficient (Wildman–Crippen LogP) is 3.72. The molecule has 1 saturated heterocycles. The molecule has 1 heterocycles. The number of benzene rings is 1. The van der Waals surface area contributed by atoms with Gasteiger partial charge in [0.05, 0.1) is 4.90 Å². The van der Waals surface area contributed by atoms with Crippen LogP contribution in [0, 0.1) is 5.92 Å². The van der Waals surface area contributed by atoms with Crippen LogP contribution < -0.4 is 10.6 Å². The second-order valence-corrected chi connectivity index (χ2v) is 10.1. The third kappa shape index (κ3) is 6.82. The highest BCUT2D eigenvalue weighted by molar-refractivity contribution is 14.0. The van der Waals surface area contributed by atoms with Crippen LogP contribution in [0.1, 0.15) is 57.4 Å². The summed E-state index contributed by atoms with van der Waals surface area (Å²) >= 11 is 0. The summed E-state index contributed by atoms with van der Waals surface area (Å²) in [7, 11) is -1.60. The Balaban J connectivity index is 0.00000300. The fourth-order valence-corrected chi connectivity index (χ4v) is 5.71. The first-order valence-electron chi connectivity index (χ1n) is 10.6. The van der Waals surface area contributed by atoms with Gasteiger partial charge in [-0.05, 0) is 49.3 Å². The number of hydrogen-bond donors (Lipinski definition) is 2. The number of halogens is 1. The summed E-state index contributed by atoms with van der Waals surface area (Å²) in [5.74, 6) is 1.24. The number of rotatable bonds is 5. The SMILES string of the molecule is CN=C(NCc1ccc(S(=O)(=O)N2CCCC(C)C2)cc1)NC1CCCCC1.I. The van der Waals surface area contributed by atoms with Crippen molar-refractivity contribution in [3.8, 4) is 0 Å². The zero-order valence-corrected chi connectivity index (χ0v) is 20.7. The monoisotopic (exact) mass is 534 g/mol. The van der Waals surface area contributed by atoms with E-state index in [-0.39, 0.29) is 24.0 Å². The summed E-state index contributed by atoms with van der Waals surface area (Å²) in [4.78, 5) is 4.70. The summed E-state index contributed by atoms with van der Waals surface area (Å²) in [5.41, 5.74) is 1.04. The summed E-state index contributed by atoms with van der Waals surface area (Å²) in [6.07, 6.45) is 8.32. The fourth-order valence-electron chi connectivity index (χ4n) is 4.11. The highest BCUT2D eigenvalue weighted by Crippen LogP contribution is 2.23. The molecule has 1 saturated carbocycles. The average molecular weight is 535 g/mol. The lowest BCUT2D eigenvalue weighted by atomic mass is 9.96. The Kier molecular flexibility index (Phi) is 9.68. The Morgan fingerprint density at radius 1 is 1.10 bits per heavy atom. The van der Waals surface area contributed by atoms with E-state index in [0.717, 1.165) is 24.4 Å². The van der Waals surface area contributed by atoms with Gasteiger partial charge in [-0.25, -0.2) is 8.42 Å². The average Bonchev–Trinajstić information content (AvgIpc) is 2.72. The van der Waals surface area contributed by atoms with Crippen molar-refractivity contribution < 1.29 is 8.42 Å². The summed E-state index contributed by atoms with van der Waals surface area (Å²) in [6.45, 7) is 3.98. The number of guanidine groups is 1. The zero-order valence-electron chi connectivity index (χ0n) is 17.6. The van der Waals surface area contributed by atoms with Crippen LogP contribution in [0.15, 0.2) is 34.2 Å². The van der Waals surface area contributed by atoms with Crippen LogP contribution in [0.4, 0.5) is 0 Å². The maximum atomic E-state index is 12.9. The van der Waals surface area contributed by atoms with Crippen molar-refractivity contribution >= 4 is 40.0 Å². The molecule has 1 atom stereocenters. The van der Waals surface area contributed by atoms with E-state index >= 15 is 0 Å². The summed E-state index contributed by atoms with van der Waals surface area (Å²) in [6, 6.07) is 7.73. The third-order valence-corrected chi connectivity index (χ3v) is 7.69. The minimum absolute atomic E-state index is 0. The molecule has 1 unspecified atom stereocenters. The van der Waals surface area contributed by atoms with Gasteiger partial charge in [0.1, 0.15) is 0 Å². The normalized spacial score (nSPS) is 22.0. The van der Waals surface area contributed by atoms with Crippen molar-refractivity contribution in [3.05, 3.63) is 29.8 Å². The lowest BCUT2D eigenvalue weighted by Crippen LogP contribution is -2.43. The second-order valence-electron chi connectivity index (χ2n) is 8.16. The number of sulfonamides is 1. The number of hydrogen-bond acceptors (Lipinski definition) is 3. The molecule has 0 aromatic heterocycles. The molecule has 0 radical (unpaired) electrons. The van der Waals surface area contributed by atoms with E-state index in [9.17, 15) is 8.42 Å². The molecule has 6 nitrogen and oxygen atoms in total. The van der Waals surface area contributed by atoms with Crippen LogP contribution in [0.25, 0.3) is 0 Å². The van der Waals surface area contributed by atoms with Gasteiger partial charge < -0.3 is 10.6 Å². The van der Waals surface area contributed by atoms with E-state index in [1.807, 2.05) is 12.1 Å². The summed E-state index contributed by atoms with van der Waals surface area (Å²) in [5, 5.41) is 6.83. The van der Waals surface area contributed by atoms with E-state index < -0.39 is 10.0 Å². The number of aliphatic imine (C=N–C) groups is 1. The minimum atomic E-state index is -3.39. The molecule has 2 aliphatic rings. The molecular weight excluding hydrogens is 499 g/mol. The maximum Gasteiger partial charge on any atom is 0.243 e. The third-order valence-electron chi connectivity index (χ3n) is 5.81. The molecule has 1 aromatic carbocycles. The van der Waals surface area contributed by atoms with Gasteiger partial charge >= 0.3 is 0 Å². The first kappa shape index (κ1) is 24.4. The van der Waals surface area contributed by atoms with Crippen molar-refractivity contribution in [1.82, 2.24) is 14.9 Å².